The highest BCUT2D eigenvalue weighted by atomic mass is 19.1. The van der Waals surface area contributed by atoms with Crippen LogP contribution >= 0.6 is 0 Å². The number of nitrogens with one attached hydrogen (secondary N) is 1. The van der Waals surface area contributed by atoms with E-state index in [1.54, 1.807) is 39.5 Å². The molecule has 9 heteroatoms. The Labute approximate surface area is 169 Å². The normalized spacial score (nSPS) is 23.9. The lowest BCUT2D eigenvalue weighted by Gasteiger charge is -2.44. The van der Waals surface area contributed by atoms with Crippen molar-refractivity contribution in [2.75, 3.05) is 33.0 Å². The second-order valence-electron chi connectivity index (χ2n) is 6.80. The zero-order valence-corrected chi connectivity index (χ0v) is 16.7. The molecule has 0 atom stereocenters. The van der Waals surface area contributed by atoms with Gasteiger partial charge in [0.2, 0.25) is 0 Å². The minimum atomic E-state index is -0.443. The summed E-state index contributed by atoms with van der Waals surface area (Å²) in [6.07, 6.45) is 7.28. The molecule has 154 valence electrons. The van der Waals surface area contributed by atoms with Crippen molar-refractivity contribution < 1.29 is 13.9 Å². The van der Waals surface area contributed by atoms with Gasteiger partial charge in [-0.25, -0.2) is 14.4 Å². The molecule has 2 aliphatic rings. The smallest absolute Gasteiger partial charge is 0.162 e. The molecule has 3 N–H and O–H groups in total. The summed E-state index contributed by atoms with van der Waals surface area (Å²) in [5.74, 6) is -0.0900. The summed E-state index contributed by atoms with van der Waals surface area (Å²) in [6, 6.07) is 0. The zero-order chi connectivity index (χ0) is 21.0. The van der Waals surface area contributed by atoms with E-state index in [9.17, 15) is 0 Å². The molecule has 3 heterocycles. The molecule has 0 bridgehead atoms. The van der Waals surface area contributed by atoms with E-state index in [2.05, 4.69) is 27.1 Å². The maximum atomic E-state index is 15.3. The van der Waals surface area contributed by atoms with Gasteiger partial charge >= 0.3 is 0 Å². The van der Waals surface area contributed by atoms with Gasteiger partial charge in [-0.1, -0.05) is 6.58 Å². The fourth-order valence-corrected chi connectivity index (χ4v) is 3.31. The number of fused-ring (bicyclic) bond motifs is 1. The highest BCUT2D eigenvalue weighted by Crippen LogP contribution is 2.31. The van der Waals surface area contributed by atoms with Crippen molar-refractivity contribution in [3.05, 3.63) is 59.6 Å². The maximum Gasteiger partial charge on any atom is 0.162 e. The number of ether oxygens (including phenoxy) is 2. The van der Waals surface area contributed by atoms with E-state index in [0.29, 0.717) is 41.3 Å². The Bertz CT molecular complexity index is 898. The first-order chi connectivity index (χ1) is 14.0. The van der Waals surface area contributed by atoms with Crippen LogP contribution in [0.2, 0.25) is 0 Å². The van der Waals surface area contributed by atoms with Crippen molar-refractivity contribution in [1.29, 1.82) is 0 Å². The highest BCUT2D eigenvalue weighted by molar-refractivity contribution is 6.16. The van der Waals surface area contributed by atoms with Gasteiger partial charge in [-0.15, -0.1) is 0 Å². The monoisotopic (exact) mass is 400 g/mol. The Morgan fingerprint density at radius 3 is 2.72 bits per heavy atom. The van der Waals surface area contributed by atoms with Crippen LogP contribution in [0.1, 0.15) is 18.2 Å². The molecule has 0 aromatic carbocycles. The summed E-state index contributed by atoms with van der Waals surface area (Å²) in [5, 5.41) is 4.31. The lowest BCUT2D eigenvalue weighted by Crippen LogP contribution is -2.52. The predicted octanol–water partition coefficient (Wildman–Crippen LogP) is 2.20. The van der Waals surface area contributed by atoms with E-state index in [0.717, 1.165) is 0 Å². The minimum absolute atomic E-state index is 0.155. The number of nitrogens with zero attached hydrogens (tertiary/aromatic N) is 4. The van der Waals surface area contributed by atoms with Crippen LogP contribution in [0, 0.1) is 5.92 Å². The van der Waals surface area contributed by atoms with Crippen LogP contribution in [0.15, 0.2) is 53.5 Å². The number of aromatic nitrogens is 2. The van der Waals surface area contributed by atoms with Crippen molar-refractivity contribution in [3.63, 3.8) is 0 Å². The van der Waals surface area contributed by atoms with Crippen molar-refractivity contribution in [2.24, 2.45) is 11.0 Å². The first-order valence-corrected chi connectivity index (χ1v) is 9.11. The van der Waals surface area contributed by atoms with Gasteiger partial charge in [0, 0.05) is 45.5 Å². The molecule has 29 heavy (non-hydrogen) atoms. The minimum Gasteiger partial charge on any atom is -0.383 e. The topological polar surface area (TPSA) is 97.9 Å². The number of hydrazone groups is 1. The number of nitrogens with two attached hydrogens (primary N) is 1. The summed E-state index contributed by atoms with van der Waals surface area (Å²) in [4.78, 5) is 10.1. The lowest BCUT2D eigenvalue weighted by atomic mass is 9.97. The van der Waals surface area contributed by atoms with E-state index in [1.165, 1.54) is 12.4 Å². The molecule has 8 nitrogen and oxygen atoms in total. The van der Waals surface area contributed by atoms with E-state index < -0.39 is 5.83 Å². The fourth-order valence-electron chi connectivity index (χ4n) is 3.31. The Balaban J connectivity index is 1.98. The van der Waals surface area contributed by atoms with E-state index >= 15 is 4.39 Å². The standard InChI is InChI=1S/C20H25FN6O2/c1-12(2)18-17-15(23-11-24-19(17)22)8-14(21)16(6-5-7-25-26-18)27-9-13(10-27)20(28-3)29-4/h5-8,11,13,20,25H,1,9-10H2,2-4H3,(H2,22,23,24)/b7-5+,14-8+,16-6+,26-18-. The number of likely N-dealkylation sites (tertiary alicyclic amines) is 1. The molecule has 0 radical (unpaired) electrons. The van der Waals surface area contributed by atoms with Gasteiger partial charge in [0.25, 0.3) is 0 Å². The summed E-state index contributed by atoms with van der Waals surface area (Å²) in [5.41, 5.74) is 11.2. The van der Waals surface area contributed by atoms with E-state index in [1.807, 2.05) is 4.90 Å². The van der Waals surface area contributed by atoms with Gasteiger partial charge in [0.1, 0.15) is 18.0 Å². The first kappa shape index (κ1) is 20.7. The second-order valence-corrected chi connectivity index (χ2v) is 6.80. The van der Waals surface area contributed by atoms with E-state index in [-0.39, 0.29) is 18.0 Å². The summed E-state index contributed by atoms with van der Waals surface area (Å²) >= 11 is 0. The molecule has 0 unspecified atom stereocenters. The number of rotatable bonds is 5. The Hall–Kier alpha value is -3.04. The molecule has 1 aromatic heterocycles. The molecule has 0 amide bonds. The summed E-state index contributed by atoms with van der Waals surface area (Å²) < 4.78 is 25.9. The van der Waals surface area contributed by atoms with Crippen molar-refractivity contribution >= 4 is 17.6 Å². The molecule has 0 aliphatic carbocycles. The average molecular weight is 400 g/mol. The van der Waals surface area contributed by atoms with Gasteiger partial charge in [-0.05, 0) is 24.6 Å². The number of hydrogen-bond acceptors (Lipinski definition) is 8. The quantitative estimate of drug-likeness (QED) is 0.731. The molecule has 0 saturated carbocycles. The van der Waals surface area contributed by atoms with Crippen LogP contribution in [0.4, 0.5) is 10.2 Å². The van der Waals surface area contributed by atoms with E-state index in [4.69, 9.17) is 15.2 Å². The first-order valence-electron chi connectivity index (χ1n) is 9.11. The van der Waals surface area contributed by atoms with Crippen LogP contribution in [-0.4, -0.2) is 54.2 Å². The third-order valence-electron chi connectivity index (χ3n) is 4.76. The van der Waals surface area contributed by atoms with Crippen molar-refractivity contribution in [3.8, 4) is 0 Å². The number of methoxy groups -OCH3 is 2. The summed E-state index contributed by atoms with van der Waals surface area (Å²) in [7, 11) is 3.19. The molecule has 0 spiro atoms. The van der Waals surface area contributed by atoms with Gasteiger partial charge in [-0.3, -0.25) is 5.43 Å². The van der Waals surface area contributed by atoms with Gasteiger partial charge in [-0.2, -0.15) is 5.10 Å². The van der Waals surface area contributed by atoms with Crippen LogP contribution in [-0.2, 0) is 9.47 Å². The van der Waals surface area contributed by atoms with Gasteiger partial charge < -0.3 is 20.1 Å². The van der Waals surface area contributed by atoms with Crippen LogP contribution in [0.25, 0.3) is 6.08 Å². The van der Waals surface area contributed by atoms with Gasteiger partial charge in [0.15, 0.2) is 6.29 Å². The molecular formula is C20H25FN6O2. The maximum absolute atomic E-state index is 15.3. The highest BCUT2D eigenvalue weighted by Gasteiger charge is 2.36. The van der Waals surface area contributed by atoms with Crippen LogP contribution in [0.5, 0.6) is 0 Å². The largest absolute Gasteiger partial charge is 0.383 e. The fraction of sp³-hybridized carbons (Fsp3) is 0.350. The molecular weight excluding hydrogens is 375 g/mol. The average Bonchev–Trinajstić information content (AvgIpc) is 2.68. The Morgan fingerprint density at radius 1 is 1.34 bits per heavy atom. The van der Waals surface area contributed by atoms with Crippen LogP contribution < -0.4 is 11.2 Å². The molecule has 1 saturated heterocycles. The van der Waals surface area contributed by atoms with Gasteiger partial charge in [0.05, 0.1) is 22.7 Å². The number of anilines is 1. The molecule has 2 aliphatic heterocycles. The number of nitrogen functional groups attached to an aromatic ring is 1. The lowest BCUT2D eigenvalue weighted by molar-refractivity contribution is -0.164. The second kappa shape index (κ2) is 8.97. The molecule has 3 rings (SSSR count). The number of allylic oxidation sites excluding steroid dienone is 4. The zero-order valence-electron chi connectivity index (χ0n) is 16.7. The molecule has 1 fully saturated rings. The number of hydrogen-bond donors (Lipinski definition) is 2. The van der Waals surface area contributed by atoms with Crippen molar-refractivity contribution in [2.45, 2.75) is 13.2 Å². The van der Waals surface area contributed by atoms with Crippen molar-refractivity contribution in [1.82, 2.24) is 20.3 Å². The third-order valence-corrected chi connectivity index (χ3v) is 4.76. The molecule has 1 aromatic rings. The number of halogens is 1. The summed E-state index contributed by atoms with van der Waals surface area (Å²) in [6.45, 7) is 6.92. The SMILES string of the molecule is C=C(C)/C1=N/N/C=C/C=C(N2CC(C(OC)OC)C2)\C(F)=C/c2ncnc(N)c21. The predicted molar refractivity (Wildman–Crippen MR) is 110 cm³/mol. The van der Waals surface area contributed by atoms with Crippen LogP contribution in [0.3, 0.4) is 0 Å². The Morgan fingerprint density at radius 2 is 2.07 bits per heavy atom. The third kappa shape index (κ3) is 4.36. The Kier molecular flexibility index (Phi) is 6.40.